The van der Waals surface area contributed by atoms with Crippen molar-refractivity contribution in [2.45, 2.75) is 13.1 Å². The van der Waals surface area contributed by atoms with Crippen molar-refractivity contribution in [3.63, 3.8) is 0 Å². The fraction of sp³-hybridized carbons (Fsp3) is 0.133. The largest absolute Gasteiger partial charge is 0.477 e. The van der Waals surface area contributed by atoms with E-state index < -0.39 is 5.97 Å². The molecule has 0 aliphatic rings. The maximum Gasteiger partial charge on any atom is 0.346 e. The molecule has 0 atom stereocenters. The molecule has 5 nitrogen and oxygen atoms in total. The van der Waals surface area contributed by atoms with E-state index in [0.29, 0.717) is 18.0 Å². The van der Waals surface area contributed by atoms with Crippen LogP contribution in [0.15, 0.2) is 42.6 Å². The molecule has 0 amide bonds. The third-order valence-corrected chi connectivity index (χ3v) is 4.33. The van der Waals surface area contributed by atoms with Crippen molar-refractivity contribution in [2.75, 3.05) is 0 Å². The minimum absolute atomic E-state index is 0.392. The number of carboxylic acid groups (broad SMARTS) is 1. The first-order valence-electron chi connectivity index (χ1n) is 6.46. The van der Waals surface area contributed by atoms with Crippen molar-refractivity contribution in [2.24, 2.45) is 0 Å². The second-order valence-electron chi connectivity index (χ2n) is 4.53. The van der Waals surface area contributed by atoms with E-state index in [2.05, 4.69) is 15.5 Å². The lowest BCUT2D eigenvalue weighted by Gasteiger charge is -2.04. The second-order valence-corrected chi connectivity index (χ2v) is 5.58. The normalized spacial score (nSPS) is 10.9. The summed E-state index contributed by atoms with van der Waals surface area (Å²) in [6.07, 6.45) is 1.62. The maximum atomic E-state index is 11.4. The monoisotopic (exact) mass is 299 g/mol. The number of nitrogens with zero attached hydrogens (tertiary/aromatic N) is 2. The number of aromatic nitrogens is 2. The van der Waals surface area contributed by atoms with Gasteiger partial charge in [-0.05, 0) is 29.1 Å². The Labute approximate surface area is 125 Å². The Kier molecular flexibility index (Phi) is 3.89. The van der Waals surface area contributed by atoms with Crippen molar-refractivity contribution < 1.29 is 9.90 Å². The third kappa shape index (κ3) is 2.91. The molecule has 0 spiro atoms. The van der Waals surface area contributed by atoms with Gasteiger partial charge in [0.15, 0.2) is 0 Å². The van der Waals surface area contributed by atoms with Crippen molar-refractivity contribution in [1.29, 1.82) is 0 Å². The number of aromatic carboxylic acids is 1. The van der Waals surface area contributed by atoms with Gasteiger partial charge in [0.25, 0.3) is 0 Å². The van der Waals surface area contributed by atoms with Crippen molar-refractivity contribution in [1.82, 2.24) is 15.5 Å². The molecule has 0 saturated carbocycles. The molecule has 0 aliphatic carbocycles. The summed E-state index contributed by atoms with van der Waals surface area (Å²) >= 11 is 1.31. The van der Waals surface area contributed by atoms with Crippen LogP contribution in [0.2, 0.25) is 0 Å². The van der Waals surface area contributed by atoms with Gasteiger partial charge in [-0.3, -0.25) is 0 Å². The second kappa shape index (κ2) is 5.99. The average molecular weight is 299 g/mol. The van der Waals surface area contributed by atoms with Gasteiger partial charge in [0.1, 0.15) is 4.88 Å². The topological polar surface area (TPSA) is 75.1 Å². The molecule has 0 fully saturated rings. The van der Waals surface area contributed by atoms with Gasteiger partial charge in [-0.1, -0.05) is 18.2 Å². The number of carboxylic acids is 1. The molecule has 2 N–H and O–H groups in total. The van der Waals surface area contributed by atoms with Crippen LogP contribution in [0.25, 0.3) is 10.1 Å². The molecule has 0 bridgehead atoms. The van der Waals surface area contributed by atoms with Gasteiger partial charge >= 0.3 is 5.97 Å². The molecule has 6 heteroatoms. The summed E-state index contributed by atoms with van der Waals surface area (Å²) in [5, 5.41) is 21.4. The molecule has 0 aliphatic heterocycles. The minimum Gasteiger partial charge on any atom is -0.477 e. The number of carbonyl (C=O) groups is 1. The Balaban J connectivity index is 1.82. The van der Waals surface area contributed by atoms with E-state index in [9.17, 15) is 9.90 Å². The van der Waals surface area contributed by atoms with Gasteiger partial charge in [-0.15, -0.1) is 11.3 Å². The lowest BCUT2D eigenvalue weighted by Crippen LogP contribution is -2.15. The standard InChI is InChI=1S/C15H13N3O2S/c19-15(20)14-12(11-5-1-2-6-13(11)21-14)9-16-8-10-4-3-7-17-18-10/h1-7,16H,8-9H2,(H,19,20). The average Bonchev–Trinajstić information content (AvgIpc) is 2.88. The Morgan fingerprint density at radius 3 is 2.81 bits per heavy atom. The zero-order valence-electron chi connectivity index (χ0n) is 11.1. The SMILES string of the molecule is O=C(O)c1sc2ccccc2c1CNCc1cccnn1. The first kappa shape index (κ1) is 13.7. The predicted octanol–water partition coefficient (Wildman–Crippen LogP) is 2.68. The van der Waals surface area contributed by atoms with E-state index >= 15 is 0 Å². The summed E-state index contributed by atoms with van der Waals surface area (Å²) in [5.41, 5.74) is 1.65. The zero-order valence-corrected chi connectivity index (χ0v) is 11.9. The first-order chi connectivity index (χ1) is 10.3. The van der Waals surface area contributed by atoms with Crippen LogP contribution in [-0.4, -0.2) is 21.3 Å². The highest BCUT2D eigenvalue weighted by Gasteiger charge is 2.16. The van der Waals surface area contributed by atoms with E-state index in [4.69, 9.17) is 0 Å². The molecule has 2 heterocycles. The molecule has 2 aromatic heterocycles. The van der Waals surface area contributed by atoms with Crippen molar-refractivity contribution in [3.8, 4) is 0 Å². The van der Waals surface area contributed by atoms with Gasteiger partial charge < -0.3 is 10.4 Å². The zero-order chi connectivity index (χ0) is 14.7. The quantitative estimate of drug-likeness (QED) is 0.757. The Bertz CT molecular complexity index is 771. The molecule has 3 rings (SSSR count). The summed E-state index contributed by atoms with van der Waals surface area (Å²) in [6.45, 7) is 1.04. The van der Waals surface area contributed by atoms with Gasteiger partial charge in [0, 0.05) is 24.0 Å². The molecule has 0 radical (unpaired) electrons. The molecule has 0 unspecified atom stereocenters. The Hall–Kier alpha value is -2.31. The van der Waals surface area contributed by atoms with Crippen LogP contribution in [0, 0.1) is 0 Å². The summed E-state index contributed by atoms with van der Waals surface area (Å²) < 4.78 is 0.992. The Morgan fingerprint density at radius 1 is 1.19 bits per heavy atom. The van der Waals surface area contributed by atoms with Gasteiger partial charge in [0.2, 0.25) is 0 Å². The predicted molar refractivity (Wildman–Crippen MR) is 81.4 cm³/mol. The number of rotatable bonds is 5. The third-order valence-electron chi connectivity index (χ3n) is 3.13. The smallest absolute Gasteiger partial charge is 0.346 e. The van der Waals surface area contributed by atoms with Crippen LogP contribution < -0.4 is 5.32 Å². The van der Waals surface area contributed by atoms with Crippen LogP contribution in [0.3, 0.4) is 0 Å². The first-order valence-corrected chi connectivity index (χ1v) is 7.28. The highest BCUT2D eigenvalue weighted by atomic mass is 32.1. The molecule has 1 aromatic carbocycles. The van der Waals surface area contributed by atoms with Gasteiger partial charge in [-0.2, -0.15) is 10.2 Å². The summed E-state index contributed by atoms with van der Waals surface area (Å²) in [4.78, 5) is 11.8. The number of nitrogens with one attached hydrogen (secondary N) is 1. The number of thiophene rings is 1. The Morgan fingerprint density at radius 2 is 2.05 bits per heavy atom. The fourth-order valence-electron chi connectivity index (χ4n) is 2.19. The van der Waals surface area contributed by atoms with Crippen LogP contribution in [0.5, 0.6) is 0 Å². The van der Waals surface area contributed by atoms with Gasteiger partial charge in [-0.25, -0.2) is 4.79 Å². The summed E-state index contributed by atoms with van der Waals surface area (Å²) in [6, 6.07) is 11.4. The van der Waals surface area contributed by atoms with E-state index in [1.54, 1.807) is 6.20 Å². The number of fused-ring (bicyclic) bond motifs is 1. The number of benzene rings is 1. The number of hydrogen-bond donors (Lipinski definition) is 2. The lowest BCUT2D eigenvalue weighted by molar-refractivity contribution is 0.0701. The van der Waals surface area contributed by atoms with E-state index in [0.717, 1.165) is 21.3 Å². The summed E-state index contributed by atoms with van der Waals surface area (Å²) in [5.74, 6) is -0.882. The highest BCUT2D eigenvalue weighted by molar-refractivity contribution is 7.21. The van der Waals surface area contributed by atoms with Crippen molar-refractivity contribution in [3.05, 3.63) is 58.7 Å². The van der Waals surface area contributed by atoms with Crippen LogP contribution >= 0.6 is 11.3 Å². The number of hydrogen-bond acceptors (Lipinski definition) is 5. The molecule has 21 heavy (non-hydrogen) atoms. The van der Waals surface area contributed by atoms with Crippen LogP contribution in [0.4, 0.5) is 0 Å². The summed E-state index contributed by atoms with van der Waals surface area (Å²) in [7, 11) is 0. The highest BCUT2D eigenvalue weighted by Crippen LogP contribution is 2.31. The van der Waals surface area contributed by atoms with Crippen molar-refractivity contribution >= 4 is 27.4 Å². The molecular weight excluding hydrogens is 286 g/mol. The minimum atomic E-state index is -0.882. The van der Waals surface area contributed by atoms with Crippen LogP contribution in [0.1, 0.15) is 20.9 Å². The maximum absolute atomic E-state index is 11.4. The van der Waals surface area contributed by atoms with E-state index in [1.165, 1.54) is 11.3 Å². The van der Waals surface area contributed by atoms with E-state index in [1.807, 2.05) is 36.4 Å². The fourth-order valence-corrected chi connectivity index (χ4v) is 3.25. The van der Waals surface area contributed by atoms with Crippen LogP contribution in [-0.2, 0) is 13.1 Å². The van der Waals surface area contributed by atoms with Gasteiger partial charge in [0.05, 0.1) is 5.69 Å². The molecule has 3 aromatic rings. The van der Waals surface area contributed by atoms with E-state index in [-0.39, 0.29) is 0 Å². The molecule has 0 saturated heterocycles. The molecular formula is C15H13N3O2S. The lowest BCUT2D eigenvalue weighted by atomic mass is 10.1. The molecule has 106 valence electrons.